The van der Waals surface area contributed by atoms with Gasteiger partial charge in [-0.25, -0.2) is 0 Å². The van der Waals surface area contributed by atoms with Crippen molar-refractivity contribution < 1.29 is 53.2 Å². The van der Waals surface area contributed by atoms with Crippen LogP contribution in [0.1, 0.15) is 0 Å². The molecule has 6 unspecified atom stereocenters. The van der Waals surface area contributed by atoms with E-state index in [0.717, 1.165) is 0 Å². The Bertz CT molecular complexity index is 909. The molecule has 0 aromatic heterocycles. The number of likely N-dealkylation sites (N-methyl/N-ethyl adjacent to an activating group) is 4. The topological polar surface area (TPSA) is 231 Å². The standard InChI is InChI=1S/C27H53N7O11/c1-29-8-16-19(38-5)14(11-36)22(39-6)27(42-16)44-21-15(12-37)20(24(31-3)45-25(21)32-4)43-26-13(10-35)18(30-2)23(40-7)17(41-26)9-33-34-28/h13-27,29-32,35-37H,8-12H2,1-7H3/t13?,14?,15?,16?,17?,18-,19-,20-,21-,22-,23-,24-,25?,26-,27+/m1/s1. The molecule has 3 heterocycles. The van der Waals surface area contributed by atoms with Gasteiger partial charge in [0.1, 0.15) is 30.8 Å². The summed E-state index contributed by atoms with van der Waals surface area (Å²) in [5, 5.41) is 47.8. The molecule has 0 radical (unpaired) electrons. The number of nitrogens with zero attached hydrogens (tertiary/aromatic N) is 3. The van der Waals surface area contributed by atoms with Gasteiger partial charge in [0.05, 0.1) is 56.7 Å². The lowest BCUT2D eigenvalue weighted by molar-refractivity contribution is -0.354. The quantitative estimate of drug-likeness (QED) is 0.0482. The van der Waals surface area contributed by atoms with E-state index in [4.69, 9.17) is 43.4 Å². The van der Waals surface area contributed by atoms with Gasteiger partial charge in [0, 0.05) is 50.7 Å². The highest BCUT2D eigenvalue weighted by molar-refractivity contribution is 4.99. The zero-order valence-corrected chi connectivity index (χ0v) is 27.1. The average Bonchev–Trinajstić information content (AvgIpc) is 3.06. The Morgan fingerprint density at radius 2 is 1.20 bits per heavy atom. The van der Waals surface area contributed by atoms with Crippen LogP contribution in [0.25, 0.3) is 10.4 Å². The summed E-state index contributed by atoms with van der Waals surface area (Å²) in [5.74, 6) is -1.78. The number of hydrogen-bond donors (Lipinski definition) is 7. The minimum Gasteiger partial charge on any atom is -0.396 e. The Balaban J connectivity index is 1.95. The number of nitrogens with one attached hydrogen (secondary N) is 4. The molecule has 45 heavy (non-hydrogen) atoms. The molecule has 3 saturated heterocycles. The first-order valence-electron chi connectivity index (χ1n) is 15.2. The van der Waals surface area contributed by atoms with Gasteiger partial charge in [-0.1, -0.05) is 5.11 Å². The fourth-order valence-electron chi connectivity index (χ4n) is 6.83. The van der Waals surface area contributed by atoms with E-state index in [1.807, 2.05) is 0 Å². The zero-order valence-electron chi connectivity index (χ0n) is 27.1. The van der Waals surface area contributed by atoms with Gasteiger partial charge in [0.15, 0.2) is 12.6 Å². The zero-order chi connectivity index (χ0) is 33.1. The molecule has 0 bridgehead atoms. The predicted molar refractivity (Wildman–Crippen MR) is 159 cm³/mol. The average molecular weight is 652 g/mol. The fraction of sp³-hybridized carbons (Fsp3) is 1.00. The molecule has 18 nitrogen and oxygen atoms in total. The molecule has 0 amide bonds. The van der Waals surface area contributed by atoms with Gasteiger partial charge in [-0.05, 0) is 33.7 Å². The van der Waals surface area contributed by atoms with Crippen molar-refractivity contribution in [2.24, 2.45) is 22.9 Å². The Morgan fingerprint density at radius 3 is 1.67 bits per heavy atom. The van der Waals surface area contributed by atoms with E-state index in [9.17, 15) is 15.3 Å². The first-order chi connectivity index (χ1) is 21.9. The van der Waals surface area contributed by atoms with Crippen LogP contribution < -0.4 is 21.3 Å². The van der Waals surface area contributed by atoms with Crippen molar-refractivity contribution in [3.63, 3.8) is 0 Å². The third-order valence-corrected chi connectivity index (χ3v) is 9.03. The Labute approximate surface area is 264 Å². The van der Waals surface area contributed by atoms with E-state index in [0.29, 0.717) is 6.54 Å². The summed E-state index contributed by atoms with van der Waals surface area (Å²) in [5.41, 5.74) is 8.95. The van der Waals surface area contributed by atoms with Gasteiger partial charge in [-0.3, -0.25) is 10.6 Å². The molecule has 0 aliphatic carbocycles. The largest absolute Gasteiger partial charge is 0.396 e. The van der Waals surface area contributed by atoms with Gasteiger partial charge in [-0.2, -0.15) is 0 Å². The molecule has 0 aromatic rings. The molecule has 0 aromatic carbocycles. The van der Waals surface area contributed by atoms with Crippen molar-refractivity contribution in [1.82, 2.24) is 21.3 Å². The Morgan fingerprint density at radius 1 is 0.667 bits per heavy atom. The van der Waals surface area contributed by atoms with Gasteiger partial charge in [0.2, 0.25) is 0 Å². The van der Waals surface area contributed by atoms with E-state index >= 15 is 0 Å². The van der Waals surface area contributed by atoms with Gasteiger partial charge in [-0.15, -0.1) is 0 Å². The lowest BCUT2D eigenvalue weighted by atomic mass is 9.87. The molecule has 7 N–H and O–H groups in total. The molecule has 18 heteroatoms. The third-order valence-electron chi connectivity index (χ3n) is 9.03. The normalized spacial score (nSPS) is 42.3. The number of ether oxygens (including phenoxy) is 8. The smallest absolute Gasteiger partial charge is 0.185 e. The van der Waals surface area contributed by atoms with Crippen LogP contribution in [0.5, 0.6) is 0 Å². The van der Waals surface area contributed by atoms with Crippen LogP contribution in [0.2, 0.25) is 0 Å². The van der Waals surface area contributed by atoms with Crippen molar-refractivity contribution in [3.05, 3.63) is 10.4 Å². The highest BCUT2D eigenvalue weighted by atomic mass is 16.7. The monoisotopic (exact) mass is 651 g/mol. The van der Waals surface area contributed by atoms with Gasteiger partial charge < -0.3 is 63.8 Å². The molecule has 3 fully saturated rings. The summed E-state index contributed by atoms with van der Waals surface area (Å²) in [7, 11) is 11.5. The van der Waals surface area contributed by atoms with Gasteiger partial charge in [0.25, 0.3) is 0 Å². The SMILES string of the molecule is CNCC1O[C@@H](O[C@H]2C(NC)O[C@@H](NC)[C@H](O[C@H]3OC(CN=[N+]=[N-])[C@@H](OC)[C@H](NC)C3CO)C2CO)[C@H](OC)C(CO)[C@H]1OC. The van der Waals surface area contributed by atoms with E-state index in [2.05, 4.69) is 31.3 Å². The minimum absolute atomic E-state index is 0.0293. The van der Waals surface area contributed by atoms with Crippen molar-refractivity contribution in [1.29, 1.82) is 0 Å². The lowest BCUT2D eigenvalue weighted by Gasteiger charge is -2.52. The van der Waals surface area contributed by atoms with Crippen molar-refractivity contribution >= 4 is 0 Å². The maximum absolute atomic E-state index is 10.8. The maximum atomic E-state index is 10.8. The first-order valence-corrected chi connectivity index (χ1v) is 15.2. The molecule has 262 valence electrons. The second-order valence-electron chi connectivity index (χ2n) is 11.3. The van der Waals surface area contributed by atoms with E-state index in [-0.39, 0.29) is 26.4 Å². The van der Waals surface area contributed by atoms with Crippen LogP contribution in [0, 0.1) is 17.8 Å². The highest BCUT2D eigenvalue weighted by Crippen LogP contribution is 2.37. The molecular formula is C27H53N7O11. The van der Waals surface area contributed by atoms with Gasteiger partial charge >= 0.3 is 0 Å². The summed E-state index contributed by atoms with van der Waals surface area (Å²) >= 11 is 0. The van der Waals surface area contributed by atoms with E-state index in [1.54, 1.807) is 35.3 Å². The highest BCUT2D eigenvalue weighted by Gasteiger charge is 2.54. The molecule has 3 aliphatic heterocycles. The lowest BCUT2D eigenvalue weighted by Crippen LogP contribution is -2.68. The molecule has 3 aliphatic rings. The van der Waals surface area contributed by atoms with Crippen LogP contribution in [-0.4, -0.2) is 172 Å². The molecule has 0 spiro atoms. The number of aliphatic hydroxyl groups excluding tert-OH is 3. The van der Waals surface area contributed by atoms with Crippen LogP contribution in [0.15, 0.2) is 5.11 Å². The van der Waals surface area contributed by atoms with Crippen molar-refractivity contribution in [3.8, 4) is 0 Å². The molecule has 3 rings (SSSR count). The second kappa shape index (κ2) is 18.9. The predicted octanol–water partition coefficient (Wildman–Crippen LogP) is -2.68. The van der Waals surface area contributed by atoms with Crippen LogP contribution in [-0.2, 0) is 37.9 Å². The fourth-order valence-corrected chi connectivity index (χ4v) is 6.83. The summed E-state index contributed by atoms with van der Waals surface area (Å²) in [6.07, 6.45) is -8.04. The third kappa shape index (κ3) is 8.42. The minimum atomic E-state index is -1.01. The maximum Gasteiger partial charge on any atom is 0.185 e. The summed E-state index contributed by atoms with van der Waals surface area (Å²) in [6.45, 7) is -0.530. The molecule has 0 saturated carbocycles. The number of methoxy groups -OCH3 is 3. The van der Waals surface area contributed by atoms with Crippen LogP contribution in [0.4, 0.5) is 0 Å². The number of rotatable bonds is 17. The molecular weight excluding hydrogens is 598 g/mol. The number of hydrogen-bond acceptors (Lipinski definition) is 16. The number of azide groups is 1. The van der Waals surface area contributed by atoms with Crippen LogP contribution >= 0.6 is 0 Å². The molecule has 15 atom stereocenters. The van der Waals surface area contributed by atoms with E-state index < -0.39 is 91.6 Å². The Hall–Kier alpha value is -1.29. The summed E-state index contributed by atoms with van der Waals surface area (Å²) in [4.78, 5) is 2.86. The summed E-state index contributed by atoms with van der Waals surface area (Å²) < 4.78 is 49.2. The van der Waals surface area contributed by atoms with Crippen molar-refractivity contribution in [2.45, 2.75) is 73.8 Å². The van der Waals surface area contributed by atoms with Crippen LogP contribution in [0.3, 0.4) is 0 Å². The number of aliphatic hydroxyl groups is 3. The van der Waals surface area contributed by atoms with Crippen molar-refractivity contribution in [2.75, 3.05) is 82.4 Å². The summed E-state index contributed by atoms with van der Waals surface area (Å²) in [6, 6.07) is -0.425. The Kier molecular flexibility index (Phi) is 16.0. The second-order valence-corrected chi connectivity index (χ2v) is 11.3. The van der Waals surface area contributed by atoms with E-state index in [1.165, 1.54) is 14.2 Å². The first kappa shape index (κ1) is 38.2.